The van der Waals surface area contributed by atoms with Crippen LogP contribution in [-0.4, -0.2) is 19.5 Å². The third-order valence-corrected chi connectivity index (χ3v) is 2.97. The molecular formula is C11H17NOS. The quantitative estimate of drug-likeness (QED) is 0.580. The molecule has 2 N–H and O–H groups in total. The summed E-state index contributed by atoms with van der Waals surface area (Å²) in [6, 6.07) is 8.06. The maximum Gasteiger partial charge on any atom is 0.0470 e. The molecule has 2 nitrogen and oxygen atoms in total. The van der Waals surface area contributed by atoms with E-state index in [1.165, 1.54) is 5.56 Å². The minimum absolute atomic E-state index is 0.847. The number of anilines is 1. The van der Waals surface area contributed by atoms with Gasteiger partial charge in [0.15, 0.2) is 0 Å². The van der Waals surface area contributed by atoms with E-state index < -0.39 is 0 Å². The first-order valence-corrected chi connectivity index (χ1v) is 5.89. The summed E-state index contributed by atoms with van der Waals surface area (Å²) >= 11 is 1.92. The number of hydrogen-bond donors (Lipinski definition) is 1. The molecule has 1 aromatic carbocycles. The van der Waals surface area contributed by atoms with E-state index in [0.29, 0.717) is 0 Å². The highest BCUT2D eigenvalue weighted by Crippen LogP contribution is 2.15. The number of rotatable bonds is 6. The zero-order chi connectivity index (χ0) is 10.2. The second-order valence-corrected chi connectivity index (χ2v) is 4.25. The van der Waals surface area contributed by atoms with Gasteiger partial charge in [0.25, 0.3) is 0 Å². The highest BCUT2D eigenvalue weighted by atomic mass is 32.2. The Hall–Kier alpha value is -0.670. The topological polar surface area (TPSA) is 35.2 Å². The molecule has 0 saturated carbocycles. The average Bonchev–Trinajstić information content (AvgIpc) is 2.18. The van der Waals surface area contributed by atoms with Gasteiger partial charge in [0, 0.05) is 25.2 Å². The van der Waals surface area contributed by atoms with Crippen LogP contribution in [0.2, 0.25) is 0 Å². The summed E-state index contributed by atoms with van der Waals surface area (Å²) < 4.78 is 4.98. The van der Waals surface area contributed by atoms with Crippen LogP contribution in [0.25, 0.3) is 0 Å². The summed E-state index contributed by atoms with van der Waals surface area (Å²) in [5.74, 6) is 2.18. The number of ether oxygens (including phenoxy) is 1. The van der Waals surface area contributed by atoms with Gasteiger partial charge in [-0.25, -0.2) is 0 Å². The van der Waals surface area contributed by atoms with Crippen molar-refractivity contribution in [2.75, 3.05) is 25.2 Å². The zero-order valence-electron chi connectivity index (χ0n) is 8.53. The summed E-state index contributed by atoms with van der Waals surface area (Å²) in [5, 5.41) is 0. The molecule has 1 rings (SSSR count). The van der Waals surface area contributed by atoms with E-state index in [-0.39, 0.29) is 0 Å². The van der Waals surface area contributed by atoms with Crippen LogP contribution >= 0.6 is 11.8 Å². The molecular weight excluding hydrogens is 194 g/mol. The molecule has 1 aromatic rings. The van der Waals surface area contributed by atoms with Crippen molar-refractivity contribution in [3.63, 3.8) is 0 Å². The van der Waals surface area contributed by atoms with Gasteiger partial charge in [-0.05, 0) is 29.9 Å². The highest BCUT2D eigenvalue weighted by molar-refractivity contribution is 7.98. The normalized spacial score (nSPS) is 10.4. The third-order valence-electron chi connectivity index (χ3n) is 1.86. The molecule has 0 aliphatic rings. The lowest BCUT2D eigenvalue weighted by Crippen LogP contribution is -1.91. The fourth-order valence-corrected chi connectivity index (χ4v) is 2.06. The Bertz CT molecular complexity index is 265. The molecule has 0 heterocycles. The van der Waals surface area contributed by atoms with E-state index in [4.69, 9.17) is 10.5 Å². The van der Waals surface area contributed by atoms with Crippen molar-refractivity contribution in [3.05, 3.63) is 29.8 Å². The van der Waals surface area contributed by atoms with Gasteiger partial charge in [0.05, 0.1) is 0 Å². The van der Waals surface area contributed by atoms with Gasteiger partial charge in [0.1, 0.15) is 0 Å². The summed E-state index contributed by atoms with van der Waals surface area (Å²) in [5.41, 5.74) is 7.83. The van der Waals surface area contributed by atoms with Crippen LogP contribution in [0.1, 0.15) is 12.0 Å². The predicted molar refractivity (Wildman–Crippen MR) is 63.5 cm³/mol. The van der Waals surface area contributed by atoms with E-state index in [1.54, 1.807) is 7.11 Å². The number of nitrogens with two attached hydrogens (primary N) is 1. The molecule has 0 aromatic heterocycles. The average molecular weight is 211 g/mol. The maximum absolute atomic E-state index is 5.68. The van der Waals surface area contributed by atoms with Crippen molar-refractivity contribution >= 4 is 17.4 Å². The molecule has 0 bridgehead atoms. The largest absolute Gasteiger partial charge is 0.399 e. The van der Waals surface area contributed by atoms with Crippen LogP contribution in [0.5, 0.6) is 0 Å². The second kappa shape index (κ2) is 6.74. The molecule has 0 radical (unpaired) electrons. The minimum Gasteiger partial charge on any atom is -0.399 e. The van der Waals surface area contributed by atoms with Crippen LogP contribution in [0, 0.1) is 0 Å². The number of nitrogen functional groups attached to an aromatic ring is 1. The number of hydrogen-bond acceptors (Lipinski definition) is 3. The summed E-state index contributed by atoms with van der Waals surface area (Å²) in [6.07, 6.45) is 1.11. The lowest BCUT2D eigenvalue weighted by Gasteiger charge is -2.02. The van der Waals surface area contributed by atoms with Gasteiger partial charge in [-0.2, -0.15) is 11.8 Å². The third kappa shape index (κ3) is 4.53. The summed E-state index contributed by atoms with van der Waals surface area (Å²) in [6.45, 7) is 0.851. The lowest BCUT2D eigenvalue weighted by molar-refractivity contribution is 0.200. The van der Waals surface area contributed by atoms with Crippen molar-refractivity contribution < 1.29 is 4.74 Å². The van der Waals surface area contributed by atoms with Crippen LogP contribution in [0.3, 0.4) is 0 Å². The smallest absolute Gasteiger partial charge is 0.0470 e. The lowest BCUT2D eigenvalue weighted by atomic mass is 10.2. The standard InChI is InChI=1S/C11H17NOS/c1-13-6-3-7-14-9-10-4-2-5-11(12)8-10/h2,4-5,8H,3,6-7,9,12H2,1H3. The molecule has 0 atom stereocenters. The van der Waals surface area contributed by atoms with Crippen LogP contribution in [0.15, 0.2) is 24.3 Å². The van der Waals surface area contributed by atoms with Crippen LogP contribution in [0.4, 0.5) is 5.69 Å². The van der Waals surface area contributed by atoms with Crippen molar-refractivity contribution in [2.45, 2.75) is 12.2 Å². The second-order valence-electron chi connectivity index (χ2n) is 3.14. The minimum atomic E-state index is 0.847. The molecule has 0 unspecified atom stereocenters. The predicted octanol–water partition coefficient (Wildman–Crippen LogP) is 2.54. The molecule has 0 saturated heterocycles. The van der Waals surface area contributed by atoms with Gasteiger partial charge >= 0.3 is 0 Å². The Morgan fingerprint density at radius 3 is 3.00 bits per heavy atom. The molecule has 3 heteroatoms. The van der Waals surface area contributed by atoms with Crippen molar-refractivity contribution in [1.82, 2.24) is 0 Å². The first kappa shape index (κ1) is 11.4. The first-order valence-electron chi connectivity index (χ1n) is 4.74. The van der Waals surface area contributed by atoms with Crippen LogP contribution < -0.4 is 5.73 Å². The summed E-state index contributed by atoms with van der Waals surface area (Å²) in [7, 11) is 1.74. The number of thioether (sulfide) groups is 1. The molecule has 0 amide bonds. The van der Waals surface area contributed by atoms with Gasteiger partial charge in [-0.3, -0.25) is 0 Å². The van der Waals surface area contributed by atoms with E-state index in [0.717, 1.165) is 30.2 Å². The molecule has 78 valence electrons. The Morgan fingerprint density at radius 1 is 1.43 bits per heavy atom. The molecule has 14 heavy (non-hydrogen) atoms. The summed E-state index contributed by atoms with van der Waals surface area (Å²) in [4.78, 5) is 0. The fourth-order valence-electron chi connectivity index (χ4n) is 1.18. The van der Waals surface area contributed by atoms with Crippen molar-refractivity contribution in [2.24, 2.45) is 0 Å². The maximum atomic E-state index is 5.68. The number of methoxy groups -OCH3 is 1. The highest BCUT2D eigenvalue weighted by Gasteiger charge is 1.94. The Kier molecular flexibility index (Phi) is 5.49. The SMILES string of the molecule is COCCCSCc1cccc(N)c1. The van der Waals surface area contributed by atoms with E-state index in [2.05, 4.69) is 6.07 Å². The van der Waals surface area contributed by atoms with Gasteiger partial charge < -0.3 is 10.5 Å². The van der Waals surface area contributed by atoms with Gasteiger partial charge in [0.2, 0.25) is 0 Å². The Morgan fingerprint density at radius 2 is 2.29 bits per heavy atom. The molecule has 0 spiro atoms. The molecule has 0 aliphatic carbocycles. The molecule has 0 aliphatic heterocycles. The van der Waals surface area contributed by atoms with E-state index in [1.807, 2.05) is 30.0 Å². The van der Waals surface area contributed by atoms with E-state index >= 15 is 0 Å². The Balaban J connectivity index is 2.18. The van der Waals surface area contributed by atoms with E-state index in [9.17, 15) is 0 Å². The van der Waals surface area contributed by atoms with Crippen molar-refractivity contribution in [1.29, 1.82) is 0 Å². The van der Waals surface area contributed by atoms with Crippen molar-refractivity contribution in [3.8, 4) is 0 Å². The molecule has 0 fully saturated rings. The zero-order valence-corrected chi connectivity index (χ0v) is 9.35. The first-order chi connectivity index (χ1) is 6.83. The fraction of sp³-hybridized carbons (Fsp3) is 0.455. The number of benzene rings is 1. The van der Waals surface area contributed by atoms with Crippen LogP contribution in [-0.2, 0) is 10.5 Å². The van der Waals surface area contributed by atoms with Gasteiger partial charge in [-0.1, -0.05) is 12.1 Å². The van der Waals surface area contributed by atoms with Gasteiger partial charge in [-0.15, -0.1) is 0 Å². The monoisotopic (exact) mass is 211 g/mol. The Labute approximate surface area is 89.8 Å².